The molecule has 10 heteroatoms. The van der Waals surface area contributed by atoms with Gasteiger partial charge in [-0.15, -0.1) is 0 Å². The van der Waals surface area contributed by atoms with Gasteiger partial charge in [0.25, 0.3) is 5.91 Å². The molecule has 0 atom stereocenters. The molecule has 0 radical (unpaired) electrons. The van der Waals surface area contributed by atoms with Gasteiger partial charge in [0.2, 0.25) is 5.91 Å². The molecule has 1 aliphatic heterocycles. The van der Waals surface area contributed by atoms with Gasteiger partial charge in [0.05, 0.1) is 23.1 Å². The normalized spacial score (nSPS) is 13.9. The molecule has 29 heavy (non-hydrogen) atoms. The van der Waals surface area contributed by atoms with Gasteiger partial charge < -0.3 is 10.1 Å². The zero-order chi connectivity index (χ0) is 20.2. The first-order valence-corrected chi connectivity index (χ1v) is 9.48. The van der Waals surface area contributed by atoms with Gasteiger partial charge >= 0.3 is 5.97 Å². The number of hydrogen-bond acceptors (Lipinski definition) is 8. The van der Waals surface area contributed by atoms with Crippen molar-refractivity contribution in [3.05, 3.63) is 48.5 Å². The summed E-state index contributed by atoms with van der Waals surface area (Å²) in [5.74, 6) is -1.45. The largest absolute Gasteiger partial charge is 0.451 e. The Labute approximate surface area is 169 Å². The number of carbonyl (C=O) groups excluding carboxylic acids is 3. The van der Waals surface area contributed by atoms with E-state index in [-0.39, 0.29) is 24.5 Å². The van der Waals surface area contributed by atoms with Gasteiger partial charge in [-0.3, -0.25) is 9.59 Å². The standard InChI is InChI=1S/C19H15N5O4S/c25-16(20-13-7-4-8-14-18(13)23-29-22-14)11-28-19(27)15-9-10-17(26)24(21-15)12-5-2-1-3-6-12/h1-8H,9-11H2,(H,20,25). The van der Waals surface area contributed by atoms with Crippen LogP contribution >= 0.6 is 11.7 Å². The third kappa shape index (κ3) is 4.11. The molecule has 1 N–H and O–H groups in total. The van der Waals surface area contributed by atoms with Crippen molar-refractivity contribution in [3.8, 4) is 0 Å². The molecule has 2 heterocycles. The number of esters is 1. The van der Waals surface area contributed by atoms with Crippen molar-refractivity contribution in [2.45, 2.75) is 12.8 Å². The highest BCUT2D eigenvalue weighted by Crippen LogP contribution is 2.21. The van der Waals surface area contributed by atoms with Gasteiger partial charge in [-0.25, -0.2) is 9.80 Å². The van der Waals surface area contributed by atoms with Crippen LogP contribution in [0.4, 0.5) is 11.4 Å². The van der Waals surface area contributed by atoms with Gasteiger partial charge in [-0.2, -0.15) is 13.8 Å². The molecule has 0 saturated carbocycles. The first kappa shape index (κ1) is 18.7. The molecule has 0 aliphatic carbocycles. The smallest absolute Gasteiger partial charge is 0.355 e. The number of fused-ring (bicyclic) bond motifs is 1. The highest BCUT2D eigenvalue weighted by molar-refractivity contribution is 7.00. The number of nitrogens with zero attached hydrogens (tertiary/aromatic N) is 4. The van der Waals surface area contributed by atoms with E-state index in [1.807, 2.05) is 6.07 Å². The fourth-order valence-electron chi connectivity index (χ4n) is 2.78. The van der Waals surface area contributed by atoms with Crippen molar-refractivity contribution in [1.29, 1.82) is 0 Å². The van der Waals surface area contributed by atoms with Crippen LogP contribution in [-0.4, -0.2) is 38.8 Å². The number of carbonyl (C=O) groups is 3. The Hall–Kier alpha value is -3.66. The van der Waals surface area contributed by atoms with Crippen molar-refractivity contribution in [3.63, 3.8) is 0 Å². The lowest BCUT2D eigenvalue weighted by Crippen LogP contribution is -2.35. The Balaban J connectivity index is 1.39. The molecule has 146 valence electrons. The van der Waals surface area contributed by atoms with E-state index in [1.165, 1.54) is 5.01 Å². The summed E-state index contributed by atoms with van der Waals surface area (Å²) in [6.07, 6.45) is 0.292. The van der Waals surface area contributed by atoms with Crippen molar-refractivity contribution in [2.75, 3.05) is 16.9 Å². The second-order valence-corrected chi connectivity index (χ2v) is 6.68. The quantitative estimate of drug-likeness (QED) is 0.647. The van der Waals surface area contributed by atoms with Crippen LogP contribution in [0.15, 0.2) is 53.6 Å². The van der Waals surface area contributed by atoms with Crippen LogP contribution in [-0.2, 0) is 19.1 Å². The van der Waals surface area contributed by atoms with Gasteiger partial charge in [-0.1, -0.05) is 24.3 Å². The average molecular weight is 409 g/mol. The lowest BCUT2D eigenvalue weighted by Gasteiger charge is -2.22. The number of aromatic nitrogens is 2. The molecule has 2 aromatic carbocycles. The third-order valence-corrected chi connectivity index (χ3v) is 4.71. The van der Waals surface area contributed by atoms with E-state index in [0.29, 0.717) is 22.4 Å². The molecule has 0 spiro atoms. The van der Waals surface area contributed by atoms with E-state index >= 15 is 0 Å². The minimum Gasteiger partial charge on any atom is -0.451 e. The number of amides is 2. The Morgan fingerprint density at radius 2 is 1.90 bits per heavy atom. The predicted molar refractivity (Wildman–Crippen MR) is 108 cm³/mol. The third-order valence-electron chi connectivity index (χ3n) is 4.16. The molecule has 0 fully saturated rings. The van der Waals surface area contributed by atoms with Crippen LogP contribution in [0.5, 0.6) is 0 Å². The Morgan fingerprint density at radius 1 is 1.07 bits per heavy atom. The number of rotatable bonds is 5. The van der Waals surface area contributed by atoms with Crippen LogP contribution < -0.4 is 10.3 Å². The Kier molecular flexibility index (Phi) is 5.25. The topological polar surface area (TPSA) is 114 Å². The van der Waals surface area contributed by atoms with Crippen LogP contribution in [0.2, 0.25) is 0 Å². The molecule has 0 saturated heterocycles. The van der Waals surface area contributed by atoms with Crippen LogP contribution in [0.25, 0.3) is 11.0 Å². The maximum absolute atomic E-state index is 12.3. The van der Waals surface area contributed by atoms with Crippen LogP contribution in [0, 0.1) is 0 Å². The Morgan fingerprint density at radius 3 is 2.72 bits per heavy atom. The summed E-state index contributed by atoms with van der Waals surface area (Å²) in [7, 11) is 0. The van der Waals surface area contributed by atoms with Crippen LogP contribution in [0.3, 0.4) is 0 Å². The number of ether oxygens (including phenoxy) is 1. The second kappa shape index (κ2) is 8.15. The molecule has 2 amide bonds. The van der Waals surface area contributed by atoms with Crippen molar-refractivity contribution < 1.29 is 19.1 Å². The summed E-state index contributed by atoms with van der Waals surface area (Å²) in [6.45, 7) is -0.481. The number of anilines is 2. The summed E-state index contributed by atoms with van der Waals surface area (Å²) >= 11 is 1.05. The molecule has 0 unspecified atom stereocenters. The first-order valence-electron chi connectivity index (χ1n) is 8.75. The van der Waals surface area contributed by atoms with Gasteiger partial charge in [-0.05, 0) is 24.3 Å². The molecular weight excluding hydrogens is 394 g/mol. The zero-order valence-electron chi connectivity index (χ0n) is 15.1. The van der Waals surface area contributed by atoms with E-state index in [0.717, 1.165) is 11.7 Å². The summed E-state index contributed by atoms with van der Waals surface area (Å²) in [4.78, 5) is 36.6. The van der Waals surface area contributed by atoms with Crippen molar-refractivity contribution in [1.82, 2.24) is 8.75 Å². The number of para-hydroxylation sites is 1. The monoisotopic (exact) mass is 409 g/mol. The van der Waals surface area contributed by atoms with Crippen molar-refractivity contribution in [2.24, 2.45) is 5.10 Å². The lowest BCUT2D eigenvalue weighted by atomic mass is 10.1. The van der Waals surface area contributed by atoms with E-state index in [4.69, 9.17) is 4.74 Å². The predicted octanol–water partition coefficient (Wildman–Crippen LogP) is 2.36. The number of benzene rings is 2. The summed E-state index contributed by atoms with van der Waals surface area (Å²) in [6, 6.07) is 14.0. The minimum absolute atomic E-state index is 0.0899. The maximum atomic E-state index is 12.3. The molecule has 1 aromatic heterocycles. The highest BCUT2D eigenvalue weighted by Gasteiger charge is 2.26. The molecule has 3 aromatic rings. The number of hydrazone groups is 1. The SMILES string of the molecule is O=C(COC(=O)C1=NN(c2ccccc2)C(=O)CC1)Nc1cccc2nsnc12. The fourth-order valence-corrected chi connectivity index (χ4v) is 3.33. The number of nitrogens with one attached hydrogen (secondary N) is 1. The van der Waals surface area contributed by atoms with E-state index in [1.54, 1.807) is 42.5 Å². The van der Waals surface area contributed by atoms with E-state index < -0.39 is 18.5 Å². The Bertz CT molecular complexity index is 1110. The van der Waals surface area contributed by atoms with Gasteiger partial charge in [0, 0.05) is 12.8 Å². The summed E-state index contributed by atoms with van der Waals surface area (Å²) in [5.41, 5.74) is 2.39. The fraction of sp³-hybridized carbons (Fsp3) is 0.158. The zero-order valence-corrected chi connectivity index (χ0v) is 15.9. The maximum Gasteiger partial charge on any atom is 0.355 e. The van der Waals surface area contributed by atoms with E-state index in [2.05, 4.69) is 19.2 Å². The van der Waals surface area contributed by atoms with Gasteiger partial charge in [0.15, 0.2) is 6.61 Å². The molecular formula is C19H15N5O4S. The summed E-state index contributed by atoms with van der Waals surface area (Å²) in [5, 5.41) is 7.94. The highest BCUT2D eigenvalue weighted by atomic mass is 32.1. The molecule has 0 bridgehead atoms. The first-order chi connectivity index (χ1) is 14.1. The molecule has 4 rings (SSSR count). The lowest BCUT2D eigenvalue weighted by molar-refractivity contribution is -0.140. The van der Waals surface area contributed by atoms with Crippen LogP contribution in [0.1, 0.15) is 12.8 Å². The van der Waals surface area contributed by atoms with Gasteiger partial charge in [0.1, 0.15) is 16.7 Å². The summed E-state index contributed by atoms with van der Waals surface area (Å²) < 4.78 is 13.3. The second-order valence-electron chi connectivity index (χ2n) is 6.15. The van der Waals surface area contributed by atoms with Crippen molar-refractivity contribution >= 4 is 57.6 Å². The average Bonchev–Trinajstić information content (AvgIpc) is 3.23. The number of hydrogen-bond donors (Lipinski definition) is 1. The molecule has 1 aliphatic rings. The molecule has 9 nitrogen and oxygen atoms in total. The minimum atomic E-state index is -0.734. The van der Waals surface area contributed by atoms with E-state index in [9.17, 15) is 14.4 Å².